The number of hydrogen-bond acceptors (Lipinski definition) is 4. The first-order valence-electron chi connectivity index (χ1n) is 6.08. The van der Waals surface area contributed by atoms with E-state index in [1.54, 1.807) is 14.0 Å². The zero-order valence-corrected chi connectivity index (χ0v) is 12.5. The summed E-state index contributed by atoms with van der Waals surface area (Å²) in [6.07, 6.45) is 4.00. The molecule has 0 N–H and O–H groups in total. The summed E-state index contributed by atoms with van der Waals surface area (Å²) in [5.41, 5.74) is 2.01. The average molecular weight is 326 g/mol. The molecule has 0 spiro atoms. The third kappa shape index (κ3) is 3.10. The molecule has 19 heavy (non-hydrogen) atoms. The fraction of sp³-hybridized carbons (Fsp3) is 0.357. The molecule has 0 fully saturated rings. The molecule has 2 rings (SSSR count). The molecule has 1 aromatic rings. The molecule has 4 nitrogen and oxygen atoms in total. The maximum Gasteiger partial charge on any atom is 0.325 e. The molecule has 0 saturated heterocycles. The van der Waals surface area contributed by atoms with Crippen molar-refractivity contribution in [3.63, 3.8) is 0 Å². The Labute approximate surface area is 121 Å². The summed E-state index contributed by atoms with van der Waals surface area (Å²) in [5.74, 6) is 0.566. The number of benzene rings is 1. The van der Waals surface area contributed by atoms with Gasteiger partial charge in [0.05, 0.1) is 13.7 Å². The van der Waals surface area contributed by atoms with E-state index in [4.69, 9.17) is 9.47 Å². The predicted molar refractivity (Wildman–Crippen MR) is 78.7 cm³/mol. The van der Waals surface area contributed by atoms with Crippen LogP contribution in [0.2, 0.25) is 0 Å². The second kappa shape index (κ2) is 6.10. The quantitative estimate of drug-likeness (QED) is 0.485. The molecule has 0 radical (unpaired) electrons. The Morgan fingerprint density at radius 3 is 2.95 bits per heavy atom. The summed E-state index contributed by atoms with van der Waals surface area (Å²) in [4.78, 5) is 13.6. The molecule has 1 aliphatic rings. The number of anilines is 1. The number of halogens is 1. The summed E-state index contributed by atoms with van der Waals surface area (Å²) < 4.78 is 10.2. The van der Waals surface area contributed by atoms with Crippen LogP contribution in [0, 0.1) is 0 Å². The second-order valence-corrected chi connectivity index (χ2v) is 5.03. The minimum atomic E-state index is -0.232. The van der Waals surface area contributed by atoms with Gasteiger partial charge in [0.15, 0.2) is 0 Å². The number of rotatable bonds is 4. The standard InChI is InChI=1S/C14H16BrNO3/c1-3-19-14(17)9-16-12-6-5-11(18-2)8-10(12)4-7-13(16)15/h4-8,13H,3,9H2,1-2H3. The van der Waals surface area contributed by atoms with Gasteiger partial charge in [-0.2, -0.15) is 0 Å². The summed E-state index contributed by atoms with van der Waals surface area (Å²) in [7, 11) is 1.64. The lowest BCUT2D eigenvalue weighted by Gasteiger charge is -2.31. The molecule has 1 heterocycles. The Hall–Kier alpha value is -1.49. The van der Waals surface area contributed by atoms with Crippen LogP contribution in [0.4, 0.5) is 5.69 Å². The Morgan fingerprint density at radius 2 is 2.26 bits per heavy atom. The summed E-state index contributed by atoms with van der Waals surface area (Å²) in [6.45, 7) is 2.41. The van der Waals surface area contributed by atoms with E-state index in [-0.39, 0.29) is 17.5 Å². The summed E-state index contributed by atoms with van der Waals surface area (Å²) >= 11 is 3.54. The van der Waals surface area contributed by atoms with Gasteiger partial charge in [-0.05, 0) is 25.1 Å². The van der Waals surface area contributed by atoms with Crippen LogP contribution < -0.4 is 9.64 Å². The number of alkyl halides is 1. The molecule has 1 aromatic carbocycles. The fourth-order valence-electron chi connectivity index (χ4n) is 1.99. The van der Waals surface area contributed by atoms with E-state index < -0.39 is 0 Å². The highest BCUT2D eigenvalue weighted by molar-refractivity contribution is 9.09. The van der Waals surface area contributed by atoms with E-state index in [1.807, 2.05) is 35.3 Å². The number of carbonyl (C=O) groups is 1. The summed E-state index contributed by atoms with van der Waals surface area (Å²) in [6, 6.07) is 5.78. The lowest BCUT2D eigenvalue weighted by molar-refractivity contribution is -0.141. The minimum Gasteiger partial charge on any atom is -0.497 e. The van der Waals surface area contributed by atoms with E-state index in [1.165, 1.54) is 0 Å². The Bertz CT molecular complexity index is 501. The second-order valence-electron chi connectivity index (χ2n) is 4.09. The van der Waals surface area contributed by atoms with Crippen LogP contribution >= 0.6 is 15.9 Å². The zero-order chi connectivity index (χ0) is 13.8. The lowest BCUT2D eigenvalue weighted by Crippen LogP contribution is -2.37. The topological polar surface area (TPSA) is 38.8 Å². The third-order valence-electron chi connectivity index (χ3n) is 2.88. The molecule has 1 unspecified atom stereocenters. The molecule has 0 saturated carbocycles. The highest BCUT2D eigenvalue weighted by Crippen LogP contribution is 2.33. The monoisotopic (exact) mass is 325 g/mol. The molecule has 0 amide bonds. The van der Waals surface area contributed by atoms with E-state index in [0.29, 0.717) is 6.61 Å². The maximum atomic E-state index is 11.7. The van der Waals surface area contributed by atoms with Crippen molar-refractivity contribution in [3.05, 3.63) is 29.8 Å². The van der Waals surface area contributed by atoms with Crippen molar-refractivity contribution in [3.8, 4) is 5.75 Å². The van der Waals surface area contributed by atoms with Gasteiger partial charge in [-0.1, -0.05) is 28.1 Å². The van der Waals surface area contributed by atoms with Gasteiger partial charge in [0.2, 0.25) is 0 Å². The van der Waals surface area contributed by atoms with E-state index >= 15 is 0 Å². The Kier molecular flexibility index (Phi) is 4.47. The molecule has 0 aromatic heterocycles. The van der Waals surface area contributed by atoms with Gasteiger partial charge in [-0.15, -0.1) is 0 Å². The molecule has 102 valence electrons. The van der Waals surface area contributed by atoms with E-state index in [9.17, 15) is 4.79 Å². The average Bonchev–Trinajstić information content (AvgIpc) is 2.41. The van der Waals surface area contributed by atoms with Crippen molar-refractivity contribution >= 4 is 33.7 Å². The number of nitrogens with zero attached hydrogens (tertiary/aromatic N) is 1. The van der Waals surface area contributed by atoms with E-state index in [0.717, 1.165) is 17.0 Å². The molecule has 0 bridgehead atoms. The number of ether oxygens (including phenoxy) is 2. The first-order chi connectivity index (χ1) is 9.15. The van der Waals surface area contributed by atoms with Crippen LogP contribution in [0.1, 0.15) is 12.5 Å². The van der Waals surface area contributed by atoms with Crippen LogP contribution in [0.3, 0.4) is 0 Å². The van der Waals surface area contributed by atoms with Crippen LogP contribution in [0.5, 0.6) is 5.75 Å². The van der Waals surface area contributed by atoms with Gasteiger partial charge in [-0.3, -0.25) is 4.79 Å². The third-order valence-corrected chi connectivity index (χ3v) is 3.68. The molecule has 5 heteroatoms. The smallest absolute Gasteiger partial charge is 0.325 e. The van der Waals surface area contributed by atoms with Crippen LogP contribution in [-0.4, -0.2) is 31.2 Å². The maximum absolute atomic E-state index is 11.7. The molecule has 1 aliphatic heterocycles. The summed E-state index contributed by atoms with van der Waals surface area (Å²) in [5, 5.41) is 0. The van der Waals surface area contributed by atoms with Crippen LogP contribution in [-0.2, 0) is 9.53 Å². The molecule has 0 aliphatic carbocycles. The van der Waals surface area contributed by atoms with Gasteiger partial charge in [-0.25, -0.2) is 0 Å². The van der Waals surface area contributed by atoms with Crippen LogP contribution in [0.25, 0.3) is 6.08 Å². The highest BCUT2D eigenvalue weighted by Gasteiger charge is 2.23. The Morgan fingerprint density at radius 1 is 1.47 bits per heavy atom. The lowest BCUT2D eigenvalue weighted by atomic mass is 10.1. The van der Waals surface area contributed by atoms with Gasteiger partial charge < -0.3 is 14.4 Å². The van der Waals surface area contributed by atoms with Crippen molar-refractivity contribution in [2.24, 2.45) is 0 Å². The Balaban J connectivity index is 2.26. The normalized spacial score (nSPS) is 17.0. The van der Waals surface area contributed by atoms with Gasteiger partial charge in [0.1, 0.15) is 17.2 Å². The van der Waals surface area contributed by atoms with Crippen LogP contribution in [0.15, 0.2) is 24.3 Å². The number of fused-ring (bicyclic) bond motifs is 1. The molecular weight excluding hydrogens is 310 g/mol. The molecule has 1 atom stereocenters. The SMILES string of the molecule is CCOC(=O)CN1c2ccc(OC)cc2C=CC1Br. The van der Waals surface area contributed by atoms with Crippen molar-refractivity contribution < 1.29 is 14.3 Å². The largest absolute Gasteiger partial charge is 0.497 e. The first-order valence-corrected chi connectivity index (χ1v) is 7.00. The number of methoxy groups -OCH3 is 1. The van der Waals surface area contributed by atoms with Crippen molar-refractivity contribution in [2.45, 2.75) is 11.9 Å². The van der Waals surface area contributed by atoms with Gasteiger partial charge in [0.25, 0.3) is 0 Å². The first kappa shape index (κ1) is 13.9. The van der Waals surface area contributed by atoms with Gasteiger partial charge >= 0.3 is 5.97 Å². The fourth-order valence-corrected chi connectivity index (χ4v) is 2.51. The number of carbonyl (C=O) groups excluding carboxylic acids is 1. The molecular formula is C14H16BrNO3. The predicted octanol–water partition coefficient (Wildman–Crippen LogP) is 2.81. The van der Waals surface area contributed by atoms with Crippen molar-refractivity contribution in [1.82, 2.24) is 0 Å². The minimum absolute atomic E-state index is 0.0159. The number of esters is 1. The zero-order valence-electron chi connectivity index (χ0n) is 10.9. The van der Waals surface area contributed by atoms with Gasteiger partial charge in [0, 0.05) is 11.3 Å². The van der Waals surface area contributed by atoms with Crippen molar-refractivity contribution in [1.29, 1.82) is 0 Å². The van der Waals surface area contributed by atoms with Crippen molar-refractivity contribution in [2.75, 3.05) is 25.2 Å². The number of hydrogen-bond donors (Lipinski definition) is 0. The van der Waals surface area contributed by atoms with E-state index in [2.05, 4.69) is 15.9 Å². The highest BCUT2D eigenvalue weighted by atomic mass is 79.9.